The second-order valence-corrected chi connectivity index (χ2v) is 5.32. The Labute approximate surface area is 125 Å². The summed E-state index contributed by atoms with van der Waals surface area (Å²) in [6.07, 6.45) is 2.33. The van der Waals surface area contributed by atoms with E-state index < -0.39 is 0 Å². The molecule has 1 aromatic carbocycles. The summed E-state index contributed by atoms with van der Waals surface area (Å²) in [5, 5.41) is 5.69. The zero-order chi connectivity index (χ0) is 15.1. The molecular weight excluding hydrogens is 268 g/mol. The van der Waals surface area contributed by atoms with Gasteiger partial charge in [-0.1, -0.05) is 18.2 Å². The summed E-state index contributed by atoms with van der Waals surface area (Å²) in [6.45, 7) is 3.06. The van der Waals surface area contributed by atoms with Gasteiger partial charge < -0.3 is 15.4 Å². The number of hydrogen-bond acceptors (Lipinski definition) is 3. The summed E-state index contributed by atoms with van der Waals surface area (Å²) in [4.78, 5) is 22.8. The molecule has 1 aromatic rings. The number of ether oxygens (including phenoxy) is 1. The molecule has 114 valence electrons. The normalized spacial score (nSPS) is 18.0. The van der Waals surface area contributed by atoms with Crippen molar-refractivity contribution in [1.29, 1.82) is 0 Å². The van der Waals surface area contributed by atoms with Gasteiger partial charge in [-0.25, -0.2) is 0 Å². The first-order chi connectivity index (χ1) is 10.1. The van der Waals surface area contributed by atoms with E-state index in [4.69, 9.17) is 4.74 Å². The predicted octanol–water partition coefficient (Wildman–Crippen LogP) is 1.55. The van der Waals surface area contributed by atoms with Gasteiger partial charge in [-0.3, -0.25) is 9.59 Å². The average molecular weight is 290 g/mol. The highest BCUT2D eigenvalue weighted by atomic mass is 16.5. The maximum atomic E-state index is 11.8. The Morgan fingerprint density at radius 1 is 1.43 bits per heavy atom. The Hall–Kier alpha value is -2.04. The van der Waals surface area contributed by atoms with E-state index in [9.17, 15) is 9.59 Å². The van der Waals surface area contributed by atoms with Gasteiger partial charge in [0, 0.05) is 25.4 Å². The first-order valence-electron chi connectivity index (χ1n) is 7.39. The zero-order valence-electron chi connectivity index (χ0n) is 12.4. The largest absolute Gasteiger partial charge is 0.493 e. The highest BCUT2D eigenvalue weighted by Gasteiger charge is 2.19. The van der Waals surface area contributed by atoms with Gasteiger partial charge in [-0.15, -0.1) is 0 Å². The number of aryl methyl sites for hydroxylation is 1. The molecule has 5 nitrogen and oxygen atoms in total. The Morgan fingerprint density at radius 3 is 2.95 bits per heavy atom. The lowest BCUT2D eigenvalue weighted by Crippen LogP contribution is -2.47. The number of rotatable bonds is 6. The monoisotopic (exact) mass is 290 g/mol. The molecule has 2 N–H and O–H groups in total. The first-order valence-corrected chi connectivity index (χ1v) is 7.39. The van der Waals surface area contributed by atoms with Gasteiger partial charge in [-0.2, -0.15) is 0 Å². The molecule has 1 fully saturated rings. The number of carbonyl (C=O) groups excluding carboxylic acids is 2. The quantitative estimate of drug-likeness (QED) is 0.781. The topological polar surface area (TPSA) is 67.4 Å². The standard InChI is InChI=1S/C16H22N2O3/c1-12-5-2-3-6-14(12)21-10-4-7-16(20)18-13-8-9-15(19)17-11-13/h2-3,5-6,13H,4,7-11H2,1H3,(H,17,19)(H,18,20). The number of para-hydroxylation sites is 1. The molecule has 1 saturated heterocycles. The second kappa shape index (κ2) is 7.67. The summed E-state index contributed by atoms with van der Waals surface area (Å²) < 4.78 is 5.65. The zero-order valence-corrected chi connectivity index (χ0v) is 12.4. The van der Waals surface area contributed by atoms with E-state index in [1.165, 1.54) is 0 Å². The fourth-order valence-electron chi connectivity index (χ4n) is 2.29. The van der Waals surface area contributed by atoms with E-state index in [2.05, 4.69) is 10.6 Å². The lowest BCUT2D eigenvalue weighted by molar-refractivity contribution is -0.125. The summed E-state index contributed by atoms with van der Waals surface area (Å²) in [5.41, 5.74) is 1.10. The molecule has 0 aliphatic carbocycles. The van der Waals surface area contributed by atoms with Gasteiger partial charge >= 0.3 is 0 Å². The molecule has 21 heavy (non-hydrogen) atoms. The van der Waals surface area contributed by atoms with Gasteiger partial charge in [0.2, 0.25) is 11.8 Å². The summed E-state index contributed by atoms with van der Waals surface area (Å²) in [5.74, 6) is 0.949. The van der Waals surface area contributed by atoms with Crippen molar-refractivity contribution in [3.63, 3.8) is 0 Å². The van der Waals surface area contributed by atoms with Crippen molar-refractivity contribution in [1.82, 2.24) is 10.6 Å². The van der Waals surface area contributed by atoms with Crippen LogP contribution >= 0.6 is 0 Å². The summed E-state index contributed by atoms with van der Waals surface area (Å²) >= 11 is 0. The number of benzene rings is 1. The predicted molar refractivity (Wildman–Crippen MR) is 80.1 cm³/mol. The number of hydrogen-bond donors (Lipinski definition) is 2. The number of piperidine rings is 1. The minimum atomic E-state index is 0.0181. The van der Waals surface area contributed by atoms with Crippen molar-refractivity contribution < 1.29 is 14.3 Å². The highest BCUT2D eigenvalue weighted by Crippen LogP contribution is 2.16. The van der Waals surface area contributed by atoms with Crippen molar-refractivity contribution in [3.8, 4) is 5.75 Å². The van der Waals surface area contributed by atoms with E-state index in [-0.39, 0.29) is 17.9 Å². The van der Waals surface area contributed by atoms with Crippen LogP contribution in [-0.4, -0.2) is 31.0 Å². The van der Waals surface area contributed by atoms with Crippen LogP contribution in [0.3, 0.4) is 0 Å². The van der Waals surface area contributed by atoms with Gasteiger partial charge in [0.05, 0.1) is 6.61 Å². The first kappa shape index (κ1) is 15.4. The van der Waals surface area contributed by atoms with Crippen LogP contribution < -0.4 is 15.4 Å². The molecule has 1 heterocycles. The summed E-state index contributed by atoms with van der Waals surface area (Å²) in [6, 6.07) is 7.90. The Balaban J connectivity index is 1.61. The molecule has 0 radical (unpaired) electrons. The van der Waals surface area contributed by atoms with E-state index >= 15 is 0 Å². The molecule has 1 aliphatic rings. The van der Waals surface area contributed by atoms with Crippen molar-refractivity contribution >= 4 is 11.8 Å². The van der Waals surface area contributed by atoms with Crippen LogP contribution in [0.5, 0.6) is 5.75 Å². The van der Waals surface area contributed by atoms with Crippen LogP contribution in [0.25, 0.3) is 0 Å². The van der Waals surface area contributed by atoms with Crippen molar-refractivity contribution in [2.45, 2.75) is 38.6 Å². The molecule has 0 saturated carbocycles. The summed E-state index contributed by atoms with van der Waals surface area (Å²) in [7, 11) is 0. The molecule has 0 bridgehead atoms. The molecule has 2 amide bonds. The Bertz CT molecular complexity index is 492. The molecule has 5 heteroatoms. The van der Waals surface area contributed by atoms with Crippen LogP contribution in [-0.2, 0) is 9.59 Å². The molecule has 0 aromatic heterocycles. The SMILES string of the molecule is Cc1ccccc1OCCCC(=O)NC1CCC(=O)NC1. The van der Waals surface area contributed by atoms with Crippen molar-refractivity contribution in [3.05, 3.63) is 29.8 Å². The Morgan fingerprint density at radius 2 is 2.24 bits per heavy atom. The Kier molecular flexibility index (Phi) is 5.60. The minimum Gasteiger partial charge on any atom is -0.493 e. The fraction of sp³-hybridized carbons (Fsp3) is 0.500. The van der Waals surface area contributed by atoms with Crippen molar-refractivity contribution in [2.75, 3.05) is 13.2 Å². The van der Waals surface area contributed by atoms with Gasteiger partial charge in [0.15, 0.2) is 0 Å². The van der Waals surface area contributed by atoms with Crippen LogP contribution in [0.4, 0.5) is 0 Å². The maximum absolute atomic E-state index is 11.8. The van der Waals surface area contributed by atoms with E-state index in [1.54, 1.807) is 0 Å². The number of amides is 2. The molecular formula is C16H22N2O3. The van der Waals surface area contributed by atoms with Gasteiger partial charge in [0.1, 0.15) is 5.75 Å². The molecule has 1 aliphatic heterocycles. The van der Waals surface area contributed by atoms with Crippen LogP contribution in [0.2, 0.25) is 0 Å². The molecule has 1 atom stereocenters. The highest BCUT2D eigenvalue weighted by molar-refractivity contribution is 5.78. The lowest BCUT2D eigenvalue weighted by Gasteiger charge is -2.23. The smallest absolute Gasteiger partial charge is 0.220 e. The number of carbonyl (C=O) groups is 2. The third-order valence-corrected chi connectivity index (χ3v) is 3.53. The van der Waals surface area contributed by atoms with E-state index in [0.29, 0.717) is 32.4 Å². The average Bonchev–Trinajstić information content (AvgIpc) is 2.48. The lowest BCUT2D eigenvalue weighted by atomic mass is 10.1. The molecule has 1 unspecified atom stereocenters. The fourth-order valence-corrected chi connectivity index (χ4v) is 2.29. The van der Waals surface area contributed by atoms with E-state index in [0.717, 1.165) is 17.7 Å². The maximum Gasteiger partial charge on any atom is 0.220 e. The van der Waals surface area contributed by atoms with Crippen LogP contribution in [0.15, 0.2) is 24.3 Å². The molecule has 0 spiro atoms. The van der Waals surface area contributed by atoms with Crippen LogP contribution in [0, 0.1) is 6.92 Å². The van der Waals surface area contributed by atoms with Gasteiger partial charge in [0.25, 0.3) is 0 Å². The molecule has 2 rings (SSSR count). The third kappa shape index (κ3) is 5.10. The van der Waals surface area contributed by atoms with Crippen molar-refractivity contribution in [2.24, 2.45) is 0 Å². The van der Waals surface area contributed by atoms with E-state index in [1.807, 2.05) is 31.2 Å². The van der Waals surface area contributed by atoms with Gasteiger partial charge in [-0.05, 0) is 31.4 Å². The van der Waals surface area contributed by atoms with Crippen LogP contribution in [0.1, 0.15) is 31.2 Å². The minimum absolute atomic E-state index is 0.0181. The second-order valence-electron chi connectivity index (χ2n) is 5.32. The number of nitrogens with one attached hydrogen (secondary N) is 2. The third-order valence-electron chi connectivity index (χ3n) is 3.53.